The Morgan fingerprint density at radius 3 is 1.69 bits per heavy atom. The SMILES string of the molecule is COc1ccc(C2(OO)c3c(ccc4ccccc34)Oc3ccc4ccccc4c32)cc1. The van der Waals surface area contributed by atoms with E-state index in [0.717, 1.165) is 44.0 Å². The Labute approximate surface area is 185 Å². The summed E-state index contributed by atoms with van der Waals surface area (Å²) in [5, 5.41) is 14.7. The zero-order valence-electron chi connectivity index (χ0n) is 17.4. The second kappa shape index (κ2) is 7.09. The van der Waals surface area contributed by atoms with Gasteiger partial charge in [0.25, 0.3) is 0 Å². The number of benzene rings is 5. The summed E-state index contributed by atoms with van der Waals surface area (Å²) in [4.78, 5) is 5.59. The molecule has 0 aromatic heterocycles. The summed E-state index contributed by atoms with van der Waals surface area (Å²) in [5.74, 6) is 2.03. The van der Waals surface area contributed by atoms with Gasteiger partial charge in [-0.3, -0.25) is 5.26 Å². The van der Waals surface area contributed by atoms with Gasteiger partial charge in [0.05, 0.1) is 7.11 Å². The monoisotopic (exact) mass is 420 g/mol. The van der Waals surface area contributed by atoms with Crippen molar-refractivity contribution in [3.63, 3.8) is 0 Å². The fourth-order valence-corrected chi connectivity index (χ4v) is 4.90. The van der Waals surface area contributed by atoms with Gasteiger partial charge < -0.3 is 9.47 Å². The molecule has 0 unspecified atom stereocenters. The molecule has 0 saturated carbocycles. The normalized spacial score (nSPS) is 13.9. The van der Waals surface area contributed by atoms with Gasteiger partial charge in [0.2, 0.25) is 0 Å². The van der Waals surface area contributed by atoms with Crippen LogP contribution in [0.2, 0.25) is 0 Å². The third kappa shape index (κ3) is 2.51. The lowest BCUT2D eigenvalue weighted by molar-refractivity contribution is -0.302. The first-order valence-electron chi connectivity index (χ1n) is 10.5. The second-order valence-corrected chi connectivity index (χ2v) is 7.92. The number of hydrogen-bond donors (Lipinski definition) is 1. The number of methoxy groups -OCH3 is 1. The third-order valence-electron chi connectivity index (χ3n) is 6.34. The Morgan fingerprint density at radius 1 is 0.656 bits per heavy atom. The minimum absolute atomic E-state index is 0.649. The highest BCUT2D eigenvalue weighted by atomic mass is 17.1. The first kappa shape index (κ1) is 18.9. The van der Waals surface area contributed by atoms with E-state index < -0.39 is 5.60 Å². The van der Waals surface area contributed by atoms with E-state index in [1.165, 1.54) is 0 Å². The van der Waals surface area contributed by atoms with E-state index >= 15 is 0 Å². The zero-order valence-corrected chi connectivity index (χ0v) is 17.4. The Kier molecular flexibility index (Phi) is 4.18. The van der Waals surface area contributed by atoms with Crippen molar-refractivity contribution in [2.75, 3.05) is 7.11 Å². The summed E-state index contributed by atoms with van der Waals surface area (Å²) in [6, 6.07) is 31.6. The summed E-state index contributed by atoms with van der Waals surface area (Å²) in [5.41, 5.74) is 1.02. The zero-order chi connectivity index (χ0) is 21.7. The maximum Gasteiger partial charge on any atom is 0.187 e. The molecule has 0 radical (unpaired) electrons. The van der Waals surface area contributed by atoms with Crippen LogP contribution < -0.4 is 9.47 Å². The first-order chi connectivity index (χ1) is 15.8. The number of fused-ring (bicyclic) bond motifs is 6. The lowest BCUT2D eigenvalue weighted by Crippen LogP contribution is -2.35. The number of rotatable bonds is 3. The van der Waals surface area contributed by atoms with Crippen LogP contribution >= 0.6 is 0 Å². The summed E-state index contributed by atoms with van der Waals surface area (Å²) in [6.45, 7) is 0. The molecule has 0 amide bonds. The quantitative estimate of drug-likeness (QED) is 0.255. The van der Waals surface area contributed by atoms with Crippen molar-refractivity contribution >= 4 is 21.5 Å². The van der Waals surface area contributed by atoms with Crippen LogP contribution in [0.25, 0.3) is 21.5 Å². The molecule has 1 aliphatic rings. The minimum atomic E-state index is -1.29. The molecule has 0 fully saturated rings. The first-order valence-corrected chi connectivity index (χ1v) is 10.5. The van der Waals surface area contributed by atoms with Gasteiger partial charge in [0.15, 0.2) is 5.60 Å². The molecular weight excluding hydrogens is 400 g/mol. The topological polar surface area (TPSA) is 47.9 Å². The lowest BCUT2D eigenvalue weighted by Gasteiger charge is -2.39. The predicted octanol–water partition coefficient (Wildman–Crippen LogP) is 6.89. The molecule has 4 heteroatoms. The van der Waals surface area contributed by atoms with E-state index in [1.807, 2.05) is 97.1 Å². The van der Waals surface area contributed by atoms with Crippen LogP contribution in [-0.2, 0) is 10.5 Å². The summed E-state index contributed by atoms with van der Waals surface area (Å²) >= 11 is 0. The molecule has 5 aromatic carbocycles. The Bertz CT molecular complexity index is 1390. The van der Waals surface area contributed by atoms with E-state index in [1.54, 1.807) is 7.11 Å². The maximum atomic E-state index is 10.7. The van der Waals surface area contributed by atoms with Gasteiger partial charge in [0.1, 0.15) is 17.2 Å². The average Bonchev–Trinajstić information content (AvgIpc) is 2.87. The molecule has 1 aliphatic heterocycles. The van der Waals surface area contributed by atoms with E-state index in [0.29, 0.717) is 11.5 Å². The Balaban J connectivity index is 1.80. The van der Waals surface area contributed by atoms with Gasteiger partial charge in [-0.2, -0.15) is 0 Å². The maximum absolute atomic E-state index is 10.7. The highest BCUT2D eigenvalue weighted by Crippen LogP contribution is 2.56. The van der Waals surface area contributed by atoms with E-state index in [2.05, 4.69) is 0 Å². The van der Waals surface area contributed by atoms with Crippen molar-refractivity contribution in [2.24, 2.45) is 0 Å². The Hall–Kier alpha value is -3.86. The van der Waals surface area contributed by atoms with E-state index in [9.17, 15) is 5.26 Å². The molecule has 6 rings (SSSR count). The van der Waals surface area contributed by atoms with Crippen molar-refractivity contribution < 1.29 is 19.6 Å². The molecule has 4 nitrogen and oxygen atoms in total. The number of ether oxygens (including phenoxy) is 2. The van der Waals surface area contributed by atoms with Crippen molar-refractivity contribution in [3.05, 3.63) is 114 Å². The molecule has 1 heterocycles. The molecule has 1 N–H and O–H groups in total. The smallest absolute Gasteiger partial charge is 0.187 e. The van der Waals surface area contributed by atoms with Crippen LogP contribution in [0, 0.1) is 0 Å². The van der Waals surface area contributed by atoms with Crippen LogP contribution in [-0.4, -0.2) is 12.4 Å². The highest BCUT2D eigenvalue weighted by Gasteiger charge is 2.48. The summed E-state index contributed by atoms with van der Waals surface area (Å²) in [7, 11) is 1.63. The molecule has 0 saturated heterocycles. The molecule has 32 heavy (non-hydrogen) atoms. The van der Waals surface area contributed by atoms with Crippen molar-refractivity contribution in [1.29, 1.82) is 0 Å². The van der Waals surface area contributed by atoms with E-state index in [-0.39, 0.29) is 0 Å². The number of hydrogen-bond acceptors (Lipinski definition) is 4. The Morgan fingerprint density at radius 2 is 1.19 bits per heavy atom. The lowest BCUT2D eigenvalue weighted by atomic mass is 9.74. The van der Waals surface area contributed by atoms with Crippen molar-refractivity contribution in [1.82, 2.24) is 0 Å². The fraction of sp³-hybridized carbons (Fsp3) is 0.0714. The average molecular weight is 420 g/mol. The summed E-state index contributed by atoms with van der Waals surface area (Å²) < 4.78 is 11.8. The molecule has 0 spiro atoms. The molecule has 0 atom stereocenters. The van der Waals surface area contributed by atoms with Crippen LogP contribution in [0.1, 0.15) is 16.7 Å². The fourth-order valence-electron chi connectivity index (χ4n) is 4.90. The van der Waals surface area contributed by atoms with Gasteiger partial charge in [-0.15, -0.1) is 0 Å². The van der Waals surface area contributed by atoms with Crippen LogP contribution in [0.5, 0.6) is 17.2 Å². The standard InChI is InChI=1S/C28H20O4/c1-30-21-14-12-20(13-15-21)28(32-29)26-22-8-4-2-6-18(22)10-16-24(26)31-25-17-11-19-7-3-5-9-23(19)27(25)28/h2-17,29H,1H3. The molecular formula is C28H20O4. The summed E-state index contributed by atoms with van der Waals surface area (Å²) in [6.07, 6.45) is 0. The highest BCUT2D eigenvalue weighted by molar-refractivity contribution is 5.96. The van der Waals surface area contributed by atoms with Gasteiger partial charge in [-0.25, -0.2) is 4.89 Å². The molecule has 156 valence electrons. The van der Waals surface area contributed by atoms with Crippen molar-refractivity contribution in [2.45, 2.75) is 5.60 Å². The molecule has 5 aromatic rings. The predicted molar refractivity (Wildman–Crippen MR) is 125 cm³/mol. The third-order valence-corrected chi connectivity index (χ3v) is 6.34. The van der Waals surface area contributed by atoms with Crippen LogP contribution in [0.3, 0.4) is 0 Å². The van der Waals surface area contributed by atoms with E-state index in [4.69, 9.17) is 14.4 Å². The van der Waals surface area contributed by atoms with Gasteiger partial charge in [-0.05, 0) is 51.4 Å². The van der Waals surface area contributed by atoms with Crippen molar-refractivity contribution in [3.8, 4) is 17.2 Å². The van der Waals surface area contributed by atoms with Gasteiger partial charge in [0, 0.05) is 11.1 Å². The largest absolute Gasteiger partial charge is 0.497 e. The van der Waals surface area contributed by atoms with Crippen LogP contribution in [0.4, 0.5) is 0 Å². The second-order valence-electron chi connectivity index (χ2n) is 7.92. The van der Waals surface area contributed by atoms with Gasteiger partial charge >= 0.3 is 0 Å². The molecule has 0 aliphatic carbocycles. The van der Waals surface area contributed by atoms with Gasteiger partial charge in [-0.1, -0.05) is 72.8 Å². The van der Waals surface area contributed by atoms with Crippen LogP contribution in [0.15, 0.2) is 97.1 Å². The molecule has 0 bridgehead atoms. The minimum Gasteiger partial charge on any atom is -0.497 e.